The molecule has 1 aromatic heterocycles. The third-order valence-corrected chi connectivity index (χ3v) is 4.20. The van der Waals surface area contributed by atoms with Crippen LogP contribution in [0.2, 0.25) is 0 Å². The molecule has 0 aliphatic carbocycles. The molecule has 1 aliphatic heterocycles. The molecular weight excluding hydrogens is 339 g/mol. The molecule has 0 radical (unpaired) electrons. The highest BCUT2D eigenvalue weighted by atomic mass is 19.4. The summed E-state index contributed by atoms with van der Waals surface area (Å²) in [5, 5.41) is 12.6. The molecule has 0 bridgehead atoms. The Labute approximate surface area is 141 Å². The van der Waals surface area contributed by atoms with Gasteiger partial charge in [-0.2, -0.15) is 13.2 Å². The maximum atomic E-state index is 13.0. The summed E-state index contributed by atoms with van der Waals surface area (Å²) in [7, 11) is 0. The minimum absolute atomic E-state index is 0.0249. The lowest BCUT2D eigenvalue weighted by Gasteiger charge is -2.19. The van der Waals surface area contributed by atoms with Crippen LogP contribution < -0.4 is 5.32 Å². The summed E-state index contributed by atoms with van der Waals surface area (Å²) < 4.78 is 44.2. The Hall–Kier alpha value is -2.42. The first-order valence-corrected chi connectivity index (χ1v) is 7.74. The number of rotatable bonds is 5. The number of para-hydroxylation sites is 1. The zero-order valence-corrected chi connectivity index (χ0v) is 13.1. The van der Waals surface area contributed by atoms with Crippen molar-refractivity contribution in [1.82, 2.24) is 9.97 Å². The van der Waals surface area contributed by atoms with Crippen molar-refractivity contribution in [3.8, 4) is 0 Å². The Bertz CT molecular complexity index is 776. The third kappa shape index (κ3) is 3.81. The molecule has 2 aromatic rings. The van der Waals surface area contributed by atoms with Crippen molar-refractivity contribution < 1.29 is 27.8 Å². The standard InChI is InChI=1S/C16H16F3N3O3/c17-16(18,19)15-21-12-4-2-1-3-10(12)13(22-15)20-7-11(14(23)24)9-5-6-25-8-9/h1-4,9,11H,5-8H2,(H,23,24)(H,20,21,22). The van der Waals surface area contributed by atoms with E-state index in [4.69, 9.17) is 4.74 Å². The smallest absolute Gasteiger partial charge is 0.451 e. The van der Waals surface area contributed by atoms with Crippen LogP contribution in [0.1, 0.15) is 12.2 Å². The molecule has 134 valence electrons. The van der Waals surface area contributed by atoms with Crippen molar-refractivity contribution >= 4 is 22.7 Å². The van der Waals surface area contributed by atoms with E-state index < -0.39 is 23.9 Å². The molecule has 0 saturated carbocycles. The number of carboxylic acid groups (broad SMARTS) is 1. The fourth-order valence-corrected chi connectivity index (χ4v) is 2.87. The number of aliphatic carboxylic acids is 1. The summed E-state index contributed by atoms with van der Waals surface area (Å²) in [5.74, 6) is -3.25. The van der Waals surface area contributed by atoms with Gasteiger partial charge in [0.2, 0.25) is 5.82 Å². The van der Waals surface area contributed by atoms with Crippen molar-refractivity contribution in [3.05, 3.63) is 30.1 Å². The summed E-state index contributed by atoms with van der Waals surface area (Å²) in [6.45, 7) is 0.780. The molecule has 2 atom stereocenters. The normalized spacial score (nSPS) is 19.1. The minimum atomic E-state index is -4.69. The molecule has 1 aliphatic rings. The van der Waals surface area contributed by atoms with Crippen LogP contribution in [0.15, 0.2) is 24.3 Å². The number of aromatic nitrogens is 2. The molecule has 0 spiro atoms. The molecule has 1 aromatic carbocycles. The molecule has 2 N–H and O–H groups in total. The number of alkyl halides is 3. The maximum absolute atomic E-state index is 13.0. The van der Waals surface area contributed by atoms with Crippen LogP contribution in [0.5, 0.6) is 0 Å². The lowest BCUT2D eigenvalue weighted by molar-refractivity contribution is -0.145. The van der Waals surface area contributed by atoms with Gasteiger partial charge in [0.25, 0.3) is 0 Å². The van der Waals surface area contributed by atoms with Crippen LogP contribution in [-0.2, 0) is 15.7 Å². The van der Waals surface area contributed by atoms with E-state index in [1.807, 2.05) is 0 Å². The van der Waals surface area contributed by atoms with Crippen molar-refractivity contribution in [2.45, 2.75) is 12.6 Å². The molecule has 1 saturated heterocycles. The third-order valence-electron chi connectivity index (χ3n) is 4.20. The minimum Gasteiger partial charge on any atom is -0.481 e. The zero-order valence-electron chi connectivity index (χ0n) is 13.1. The summed E-state index contributed by atoms with van der Waals surface area (Å²) in [6, 6.07) is 6.28. The number of carboxylic acids is 1. The fourth-order valence-electron chi connectivity index (χ4n) is 2.87. The van der Waals surface area contributed by atoms with E-state index in [9.17, 15) is 23.1 Å². The zero-order chi connectivity index (χ0) is 18.0. The Morgan fingerprint density at radius 1 is 1.36 bits per heavy atom. The lowest BCUT2D eigenvalue weighted by atomic mass is 9.91. The number of benzene rings is 1. The molecule has 25 heavy (non-hydrogen) atoms. The first kappa shape index (κ1) is 17.4. The number of fused-ring (bicyclic) bond motifs is 1. The number of carbonyl (C=O) groups is 1. The monoisotopic (exact) mass is 355 g/mol. The van der Waals surface area contributed by atoms with Crippen molar-refractivity contribution in [1.29, 1.82) is 0 Å². The Balaban J connectivity index is 1.90. The van der Waals surface area contributed by atoms with Gasteiger partial charge >= 0.3 is 12.1 Å². The highest BCUT2D eigenvalue weighted by Gasteiger charge is 2.36. The maximum Gasteiger partial charge on any atom is 0.451 e. The number of nitrogens with one attached hydrogen (secondary N) is 1. The molecule has 0 amide bonds. The van der Waals surface area contributed by atoms with E-state index in [0.29, 0.717) is 25.0 Å². The summed E-state index contributed by atoms with van der Waals surface area (Å²) in [5.41, 5.74) is 0.142. The first-order chi connectivity index (χ1) is 11.9. The van der Waals surface area contributed by atoms with Gasteiger partial charge < -0.3 is 15.2 Å². The van der Waals surface area contributed by atoms with Crippen LogP contribution in [0.3, 0.4) is 0 Å². The van der Waals surface area contributed by atoms with Gasteiger partial charge in [-0.25, -0.2) is 9.97 Å². The van der Waals surface area contributed by atoms with Gasteiger partial charge in [-0.05, 0) is 24.5 Å². The summed E-state index contributed by atoms with van der Waals surface area (Å²) >= 11 is 0. The number of hydrogen-bond donors (Lipinski definition) is 2. The largest absolute Gasteiger partial charge is 0.481 e. The number of ether oxygens (including phenoxy) is 1. The van der Waals surface area contributed by atoms with E-state index in [0.717, 1.165) is 0 Å². The lowest BCUT2D eigenvalue weighted by Crippen LogP contribution is -2.31. The summed E-state index contributed by atoms with van der Waals surface area (Å²) in [6.07, 6.45) is -4.08. The van der Waals surface area contributed by atoms with Gasteiger partial charge in [0.05, 0.1) is 18.0 Å². The number of nitrogens with zero attached hydrogens (tertiary/aromatic N) is 2. The van der Waals surface area contributed by atoms with Crippen LogP contribution in [0, 0.1) is 11.8 Å². The van der Waals surface area contributed by atoms with Gasteiger partial charge in [-0.1, -0.05) is 12.1 Å². The number of halogens is 3. The van der Waals surface area contributed by atoms with Gasteiger partial charge in [0, 0.05) is 18.5 Å². The van der Waals surface area contributed by atoms with Gasteiger partial charge in [0.15, 0.2) is 0 Å². The Morgan fingerprint density at radius 2 is 2.12 bits per heavy atom. The van der Waals surface area contributed by atoms with E-state index in [1.165, 1.54) is 6.07 Å². The molecule has 6 nitrogen and oxygen atoms in total. The first-order valence-electron chi connectivity index (χ1n) is 7.74. The van der Waals surface area contributed by atoms with E-state index in [-0.39, 0.29) is 23.8 Å². The molecule has 2 unspecified atom stereocenters. The molecule has 9 heteroatoms. The average Bonchev–Trinajstić information content (AvgIpc) is 3.07. The van der Waals surface area contributed by atoms with Crippen molar-refractivity contribution in [2.75, 3.05) is 25.1 Å². The SMILES string of the molecule is O=C(O)C(CNc1nc(C(F)(F)F)nc2ccccc12)C1CCOC1. The second-order valence-corrected chi connectivity index (χ2v) is 5.86. The average molecular weight is 355 g/mol. The summed E-state index contributed by atoms with van der Waals surface area (Å²) in [4.78, 5) is 18.6. The van der Waals surface area contributed by atoms with Gasteiger partial charge in [-0.3, -0.25) is 4.79 Å². The van der Waals surface area contributed by atoms with Crippen molar-refractivity contribution in [2.24, 2.45) is 11.8 Å². The van der Waals surface area contributed by atoms with Crippen LogP contribution in [0.4, 0.5) is 19.0 Å². The fraction of sp³-hybridized carbons (Fsp3) is 0.438. The molecular formula is C16H16F3N3O3. The Kier molecular flexibility index (Phi) is 4.76. The Morgan fingerprint density at radius 3 is 2.76 bits per heavy atom. The molecule has 2 heterocycles. The number of hydrogen-bond acceptors (Lipinski definition) is 5. The molecule has 1 fully saturated rings. The highest BCUT2D eigenvalue weighted by molar-refractivity contribution is 5.89. The predicted octanol–water partition coefficient (Wildman–Crippen LogP) is 2.80. The van der Waals surface area contributed by atoms with Gasteiger partial charge in [-0.15, -0.1) is 0 Å². The second-order valence-electron chi connectivity index (χ2n) is 5.86. The molecule has 3 rings (SSSR count). The van der Waals surface area contributed by atoms with E-state index in [2.05, 4.69) is 15.3 Å². The topological polar surface area (TPSA) is 84.3 Å². The number of anilines is 1. The van der Waals surface area contributed by atoms with Crippen LogP contribution >= 0.6 is 0 Å². The van der Waals surface area contributed by atoms with E-state index in [1.54, 1.807) is 18.2 Å². The van der Waals surface area contributed by atoms with Gasteiger partial charge in [0.1, 0.15) is 5.82 Å². The van der Waals surface area contributed by atoms with Crippen LogP contribution in [0.25, 0.3) is 10.9 Å². The quantitative estimate of drug-likeness (QED) is 0.858. The predicted molar refractivity (Wildman–Crippen MR) is 83.1 cm³/mol. The van der Waals surface area contributed by atoms with Crippen molar-refractivity contribution in [3.63, 3.8) is 0 Å². The second kappa shape index (κ2) is 6.83. The van der Waals surface area contributed by atoms with Crippen LogP contribution in [-0.4, -0.2) is 40.8 Å². The van der Waals surface area contributed by atoms with E-state index >= 15 is 0 Å². The highest BCUT2D eigenvalue weighted by Crippen LogP contribution is 2.31.